The molecule has 2 rings (SSSR count). The third-order valence-corrected chi connectivity index (χ3v) is 5.16. The van der Waals surface area contributed by atoms with Crippen molar-refractivity contribution in [3.63, 3.8) is 0 Å². The number of halogens is 3. The van der Waals surface area contributed by atoms with Crippen LogP contribution in [0.3, 0.4) is 0 Å². The Kier molecular flexibility index (Phi) is 5.27. The smallest absolute Gasteiger partial charge is 0.255 e. The zero-order chi connectivity index (χ0) is 13.1. The van der Waals surface area contributed by atoms with Crippen LogP contribution in [0.1, 0.15) is 29.6 Å². The highest BCUT2D eigenvalue weighted by atomic mass is 79.9. The average Bonchev–Trinajstić information content (AvgIpc) is 2.40. The van der Waals surface area contributed by atoms with Gasteiger partial charge in [-0.2, -0.15) is 0 Å². The fourth-order valence-electron chi connectivity index (χ4n) is 2.24. The highest BCUT2D eigenvalue weighted by molar-refractivity contribution is 9.11. The zero-order valence-corrected chi connectivity index (χ0v) is 14.6. The first-order valence-electron chi connectivity index (χ1n) is 5.95. The number of benzene rings is 1. The zero-order valence-electron chi connectivity index (χ0n) is 9.83. The normalized spacial score (nSPS) is 19.9. The maximum Gasteiger partial charge on any atom is 0.255 e. The molecule has 1 aromatic carbocycles. The fourth-order valence-corrected chi connectivity index (χ4v) is 3.70. The van der Waals surface area contributed by atoms with E-state index in [1.165, 1.54) is 6.42 Å². The quantitative estimate of drug-likeness (QED) is 0.616. The molecule has 1 amide bonds. The number of likely N-dealkylation sites (tertiary alicyclic amines) is 1. The van der Waals surface area contributed by atoms with Crippen molar-refractivity contribution < 1.29 is 4.79 Å². The number of rotatable bonds is 2. The van der Waals surface area contributed by atoms with Crippen LogP contribution in [0.4, 0.5) is 0 Å². The summed E-state index contributed by atoms with van der Waals surface area (Å²) < 4.78 is 1.79. The molecule has 98 valence electrons. The van der Waals surface area contributed by atoms with E-state index in [4.69, 9.17) is 0 Å². The number of amides is 1. The molecule has 1 aliphatic rings. The van der Waals surface area contributed by atoms with Crippen LogP contribution < -0.4 is 0 Å². The summed E-state index contributed by atoms with van der Waals surface area (Å²) in [7, 11) is 0. The number of alkyl halides is 1. The molecule has 0 bridgehead atoms. The highest BCUT2D eigenvalue weighted by Gasteiger charge is 2.27. The maximum atomic E-state index is 12.6. The Balaban J connectivity index is 2.26. The predicted octanol–water partition coefficient (Wildman–Crippen LogP) is 4.60. The van der Waals surface area contributed by atoms with Gasteiger partial charge in [-0.05, 0) is 53.4 Å². The van der Waals surface area contributed by atoms with E-state index in [2.05, 4.69) is 47.8 Å². The van der Waals surface area contributed by atoms with Gasteiger partial charge in [0, 0.05) is 26.9 Å². The van der Waals surface area contributed by atoms with E-state index in [-0.39, 0.29) is 5.91 Å². The molecule has 2 nitrogen and oxygen atoms in total. The summed E-state index contributed by atoms with van der Waals surface area (Å²) in [6.07, 6.45) is 3.39. The molecule has 1 atom stereocenters. The lowest BCUT2D eigenvalue weighted by molar-refractivity contribution is 0.0641. The molecule has 18 heavy (non-hydrogen) atoms. The molecular formula is C13H14Br3NO. The summed E-state index contributed by atoms with van der Waals surface area (Å²) in [4.78, 5) is 14.6. The van der Waals surface area contributed by atoms with E-state index >= 15 is 0 Å². The Labute approximate surface area is 133 Å². The van der Waals surface area contributed by atoms with E-state index < -0.39 is 0 Å². The van der Waals surface area contributed by atoms with Gasteiger partial charge in [-0.1, -0.05) is 31.9 Å². The number of piperidine rings is 1. The van der Waals surface area contributed by atoms with E-state index in [1.54, 1.807) is 0 Å². The van der Waals surface area contributed by atoms with Crippen LogP contribution in [-0.4, -0.2) is 28.7 Å². The van der Waals surface area contributed by atoms with Gasteiger partial charge in [-0.15, -0.1) is 0 Å². The summed E-state index contributed by atoms with van der Waals surface area (Å²) >= 11 is 10.4. The maximum absolute atomic E-state index is 12.6. The molecule has 5 heteroatoms. The fraction of sp³-hybridized carbons (Fsp3) is 0.462. The van der Waals surface area contributed by atoms with Crippen LogP contribution in [0.25, 0.3) is 0 Å². The second-order valence-electron chi connectivity index (χ2n) is 4.43. The van der Waals surface area contributed by atoms with Gasteiger partial charge in [0.05, 0.1) is 5.56 Å². The van der Waals surface area contributed by atoms with Gasteiger partial charge in [0.15, 0.2) is 0 Å². The van der Waals surface area contributed by atoms with Gasteiger partial charge >= 0.3 is 0 Å². The SMILES string of the molecule is O=C(c1cc(Br)ccc1Br)N1CCCCC1CBr. The van der Waals surface area contributed by atoms with Crippen LogP contribution in [0.2, 0.25) is 0 Å². The standard InChI is InChI=1S/C13H14Br3NO/c14-8-10-3-1-2-6-17(10)13(18)11-7-9(15)4-5-12(11)16/h4-5,7,10H,1-3,6,8H2. The van der Waals surface area contributed by atoms with E-state index in [0.717, 1.165) is 39.2 Å². The molecule has 0 radical (unpaired) electrons. The van der Waals surface area contributed by atoms with Gasteiger partial charge < -0.3 is 4.90 Å². The van der Waals surface area contributed by atoms with E-state index in [1.807, 2.05) is 23.1 Å². The molecule has 0 aliphatic carbocycles. The van der Waals surface area contributed by atoms with Crippen LogP contribution in [0, 0.1) is 0 Å². The highest BCUT2D eigenvalue weighted by Crippen LogP contribution is 2.26. The topological polar surface area (TPSA) is 20.3 Å². The number of carbonyl (C=O) groups excluding carboxylic acids is 1. The summed E-state index contributed by atoms with van der Waals surface area (Å²) in [6, 6.07) is 6.03. The van der Waals surface area contributed by atoms with Crippen LogP contribution in [0.5, 0.6) is 0 Å². The molecule has 0 N–H and O–H groups in total. The van der Waals surface area contributed by atoms with Crippen molar-refractivity contribution in [2.24, 2.45) is 0 Å². The van der Waals surface area contributed by atoms with Gasteiger partial charge in [-0.25, -0.2) is 0 Å². The van der Waals surface area contributed by atoms with Crippen LogP contribution in [-0.2, 0) is 0 Å². The molecule has 1 saturated heterocycles. The predicted molar refractivity (Wildman–Crippen MR) is 84.3 cm³/mol. The van der Waals surface area contributed by atoms with Gasteiger partial charge in [-0.3, -0.25) is 4.79 Å². The second kappa shape index (κ2) is 6.53. The Morgan fingerprint density at radius 2 is 2.11 bits per heavy atom. The lowest BCUT2D eigenvalue weighted by Gasteiger charge is -2.35. The third-order valence-electron chi connectivity index (χ3n) is 3.22. The van der Waals surface area contributed by atoms with Crippen molar-refractivity contribution in [1.82, 2.24) is 4.90 Å². The number of hydrogen-bond donors (Lipinski definition) is 0. The average molecular weight is 440 g/mol. The van der Waals surface area contributed by atoms with Crippen molar-refractivity contribution in [3.8, 4) is 0 Å². The van der Waals surface area contributed by atoms with Gasteiger partial charge in [0.25, 0.3) is 5.91 Å². The van der Waals surface area contributed by atoms with E-state index in [9.17, 15) is 4.79 Å². The van der Waals surface area contributed by atoms with E-state index in [0.29, 0.717) is 6.04 Å². The summed E-state index contributed by atoms with van der Waals surface area (Å²) in [5.74, 6) is 0.118. The molecule has 1 heterocycles. The summed E-state index contributed by atoms with van der Waals surface area (Å²) in [6.45, 7) is 0.855. The first kappa shape index (κ1) is 14.5. The summed E-state index contributed by atoms with van der Waals surface area (Å²) in [5, 5.41) is 0.852. The Morgan fingerprint density at radius 3 is 2.83 bits per heavy atom. The third kappa shape index (κ3) is 3.17. The van der Waals surface area contributed by atoms with Gasteiger partial charge in [0.1, 0.15) is 0 Å². The molecule has 0 spiro atoms. The van der Waals surface area contributed by atoms with Crippen molar-refractivity contribution in [2.45, 2.75) is 25.3 Å². The first-order chi connectivity index (χ1) is 8.63. The minimum absolute atomic E-state index is 0.118. The Hall–Kier alpha value is 0.130. The molecule has 1 aromatic rings. The number of hydrogen-bond acceptors (Lipinski definition) is 1. The summed E-state index contributed by atoms with van der Waals surface area (Å²) in [5.41, 5.74) is 0.734. The number of nitrogens with zero attached hydrogens (tertiary/aromatic N) is 1. The molecule has 1 fully saturated rings. The number of carbonyl (C=O) groups is 1. The molecule has 0 aromatic heterocycles. The van der Waals surface area contributed by atoms with Crippen molar-refractivity contribution in [1.29, 1.82) is 0 Å². The minimum atomic E-state index is 0.118. The van der Waals surface area contributed by atoms with Gasteiger partial charge in [0.2, 0.25) is 0 Å². The first-order valence-corrected chi connectivity index (χ1v) is 8.66. The Bertz CT molecular complexity index is 450. The second-order valence-corrected chi connectivity index (χ2v) is 6.84. The lowest BCUT2D eigenvalue weighted by atomic mass is 10.0. The largest absolute Gasteiger partial charge is 0.335 e. The monoisotopic (exact) mass is 437 g/mol. The minimum Gasteiger partial charge on any atom is -0.335 e. The van der Waals surface area contributed by atoms with Crippen LogP contribution in [0.15, 0.2) is 27.1 Å². The van der Waals surface area contributed by atoms with Crippen molar-refractivity contribution in [2.75, 3.05) is 11.9 Å². The lowest BCUT2D eigenvalue weighted by Crippen LogP contribution is -2.44. The molecule has 0 saturated carbocycles. The molecule has 1 aliphatic heterocycles. The van der Waals surface area contributed by atoms with Crippen LogP contribution >= 0.6 is 47.8 Å². The molecule has 1 unspecified atom stereocenters. The van der Waals surface area contributed by atoms with Crippen molar-refractivity contribution >= 4 is 53.7 Å². The molecular weight excluding hydrogens is 426 g/mol. The van der Waals surface area contributed by atoms with Crippen molar-refractivity contribution in [3.05, 3.63) is 32.7 Å². The Morgan fingerprint density at radius 1 is 1.33 bits per heavy atom.